The van der Waals surface area contributed by atoms with Crippen LogP contribution in [0.15, 0.2) is 18.2 Å². The van der Waals surface area contributed by atoms with Crippen molar-refractivity contribution >= 4 is 0 Å². The van der Waals surface area contributed by atoms with Gasteiger partial charge in [0.25, 0.3) is 0 Å². The van der Waals surface area contributed by atoms with Crippen molar-refractivity contribution in [1.82, 2.24) is 5.32 Å². The van der Waals surface area contributed by atoms with Gasteiger partial charge in [-0.15, -0.1) is 0 Å². The lowest BCUT2D eigenvalue weighted by molar-refractivity contribution is 0.153. The highest BCUT2D eigenvalue weighted by atomic mass is 19.1. The molecular formula is C13H20FNO2. The predicted molar refractivity (Wildman–Crippen MR) is 65.3 cm³/mol. The van der Waals surface area contributed by atoms with E-state index in [0.29, 0.717) is 12.1 Å². The molecule has 1 unspecified atom stereocenters. The number of rotatable bonds is 5. The van der Waals surface area contributed by atoms with E-state index in [1.165, 1.54) is 18.2 Å². The zero-order chi connectivity index (χ0) is 13.1. The Morgan fingerprint density at radius 1 is 1.41 bits per heavy atom. The number of aliphatic hydroxyl groups excluding tert-OH is 1. The minimum Gasteiger partial charge on any atom is -0.508 e. The van der Waals surface area contributed by atoms with Crippen LogP contribution < -0.4 is 5.32 Å². The Bertz CT molecular complexity index is 380. The smallest absolute Gasteiger partial charge is 0.123 e. The average molecular weight is 241 g/mol. The fraction of sp³-hybridized carbons (Fsp3) is 0.538. The molecule has 0 spiro atoms. The van der Waals surface area contributed by atoms with E-state index >= 15 is 0 Å². The Hall–Kier alpha value is -1.13. The molecule has 0 saturated carbocycles. The summed E-state index contributed by atoms with van der Waals surface area (Å²) in [6.07, 6.45) is 0. The molecule has 4 heteroatoms. The molecule has 0 aliphatic heterocycles. The SMILES string of the molecule is CC(NCC(C)(C)CO)c1cc(F)ccc1O. The first-order valence-corrected chi connectivity index (χ1v) is 5.68. The van der Waals surface area contributed by atoms with Crippen molar-refractivity contribution in [2.45, 2.75) is 26.8 Å². The van der Waals surface area contributed by atoms with Gasteiger partial charge in [0.15, 0.2) is 0 Å². The Labute approximate surface area is 101 Å². The number of aromatic hydroxyl groups is 1. The van der Waals surface area contributed by atoms with Crippen molar-refractivity contribution in [2.24, 2.45) is 5.41 Å². The first-order chi connectivity index (χ1) is 7.85. The van der Waals surface area contributed by atoms with E-state index in [1.807, 2.05) is 20.8 Å². The van der Waals surface area contributed by atoms with Gasteiger partial charge >= 0.3 is 0 Å². The molecule has 0 amide bonds. The maximum atomic E-state index is 13.1. The molecule has 17 heavy (non-hydrogen) atoms. The molecule has 0 aromatic heterocycles. The summed E-state index contributed by atoms with van der Waals surface area (Å²) in [5, 5.41) is 21.9. The van der Waals surface area contributed by atoms with Crippen LogP contribution in [0.2, 0.25) is 0 Å². The third-order valence-electron chi connectivity index (χ3n) is 2.77. The average Bonchev–Trinajstić information content (AvgIpc) is 2.29. The van der Waals surface area contributed by atoms with Gasteiger partial charge in [0.1, 0.15) is 11.6 Å². The lowest BCUT2D eigenvalue weighted by atomic mass is 9.94. The van der Waals surface area contributed by atoms with Crippen LogP contribution in [-0.4, -0.2) is 23.4 Å². The zero-order valence-corrected chi connectivity index (χ0v) is 10.5. The van der Waals surface area contributed by atoms with Crippen LogP contribution in [0.1, 0.15) is 32.4 Å². The van der Waals surface area contributed by atoms with E-state index in [2.05, 4.69) is 5.32 Å². The summed E-state index contributed by atoms with van der Waals surface area (Å²) < 4.78 is 13.1. The quantitative estimate of drug-likeness (QED) is 0.740. The maximum Gasteiger partial charge on any atom is 0.123 e. The summed E-state index contributed by atoms with van der Waals surface area (Å²) >= 11 is 0. The predicted octanol–water partition coefficient (Wildman–Crippen LogP) is 2.20. The topological polar surface area (TPSA) is 52.5 Å². The van der Waals surface area contributed by atoms with E-state index in [4.69, 9.17) is 5.11 Å². The summed E-state index contributed by atoms with van der Waals surface area (Å²) in [6.45, 7) is 6.36. The molecule has 1 aromatic carbocycles. The highest BCUT2D eigenvalue weighted by Gasteiger charge is 2.19. The third kappa shape index (κ3) is 3.98. The summed E-state index contributed by atoms with van der Waals surface area (Å²) in [5.41, 5.74) is 0.288. The number of phenolic OH excluding ortho intramolecular Hbond substituents is 1. The first kappa shape index (κ1) is 13.9. The molecule has 3 N–H and O–H groups in total. The molecular weight excluding hydrogens is 221 g/mol. The minimum atomic E-state index is -0.368. The van der Waals surface area contributed by atoms with Crippen LogP contribution in [0.4, 0.5) is 4.39 Å². The van der Waals surface area contributed by atoms with Gasteiger partial charge in [0.05, 0.1) is 0 Å². The fourth-order valence-electron chi connectivity index (χ4n) is 1.47. The van der Waals surface area contributed by atoms with Crippen LogP contribution in [-0.2, 0) is 0 Å². The Morgan fingerprint density at radius 2 is 2.06 bits per heavy atom. The van der Waals surface area contributed by atoms with E-state index in [1.54, 1.807) is 0 Å². The van der Waals surface area contributed by atoms with Gasteiger partial charge in [-0.2, -0.15) is 0 Å². The van der Waals surface area contributed by atoms with Gasteiger partial charge < -0.3 is 15.5 Å². The largest absolute Gasteiger partial charge is 0.508 e. The van der Waals surface area contributed by atoms with E-state index in [-0.39, 0.29) is 29.6 Å². The number of aliphatic hydroxyl groups is 1. The van der Waals surface area contributed by atoms with Crippen LogP contribution in [0.3, 0.4) is 0 Å². The molecule has 0 fully saturated rings. The van der Waals surface area contributed by atoms with Crippen molar-refractivity contribution in [3.05, 3.63) is 29.6 Å². The van der Waals surface area contributed by atoms with Crippen molar-refractivity contribution in [3.8, 4) is 5.75 Å². The maximum absolute atomic E-state index is 13.1. The summed E-state index contributed by atoms with van der Waals surface area (Å²) in [7, 11) is 0. The molecule has 0 radical (unpaired) electrons. The van der Waals surface area contributed by atoms with Crippen LogP contribution in [0.5, 0.6) is 5.75 Å². The Kier molecular flexibility index (Phi) is 4.48. The number of hydrogen-bond acceptors (Lipinski definition) is 3. The van der Waals surface area contributed by atoms with E-state index in [0.717, 1.165) is 0 Å². The first-order valence-electron chi connectivity index (χ1n) is 5.68. The van der Waals surface area contributed by atoms with Gasteiger partial charge in [0, 0.05) is 30.2 Å². The van der Waals surface area contributed by atoms with Gasteiger partial charge in [0.2, 0.25) is 0 Å². The van der Waals surface area contributed by atoms with Gasteiger partial charge in [-0.1, -0.05) is 13.8 Å². The summed E-state index contributed by atoms with van der Waals surface area (Å²) in [6, 6.07) is 3.72. The molecule has 1 atom stereocenters. The highest BCUT2D eigenvalue weighted by Crippen LogP contribution is 2.25. The second kappa shape index (κ2) is 5.47. The number of benzene rings is 1. The summed E-state index contributed by atoms with van der Waals surface area (Å²) in [4.78, 5) is 0. The normalized spacial score (nSPS) is 13.7. The van der Waals surface area contributed by atoms with Crippen molar-refractivity contribution in [2.75, 3.05) is 13.2 Å². The van der Waals surface area contributed by atoms with Gasteiger partial charge in [-0.25, -0.2) is 4.39 Å². The molecule has 0 aliphatic carbocycles. The number of nitrogens with one attached hydrogen (secondary N) is 1. The van der Waals surface area contributed by atoms with Crippen molar-refractivity contribution in [1.29, 1.82) is 0 Å². The Balaban J connectivity index is 2.70. The number of halogens is 1. The minimum absolute atomic E-state index is 0.0713. The molecule has 1 aromatic rings. The fourth-order valence-corrected chi connectivity index (χ4v) is 1.47. The van der Waals surface area contributed by atoms with E-state index < -0.39 is 0 Å². The third-order valence-corrected chi connectivity index (χ3v) is 2.77. The lowest BCUT2D eigenvalue weighted by Crippen LogP contribution is -2.33. The molecule has 1 rings (SSSR count). The standard InChI is InChI=1S/C13H20FNO2/c1-9(15-7-13(2,3)8-16)11-6-10(14)4-5-12(11)17/h4-6,9,15-17H,7-8H2,1-3H3. The molecule has 0 heterocycles. The van der Waals surface area contributed by atoms with Crippen molar-refractivity contribution in [3.63, 3.8) is 0 Å². The molecule has 0 saturated heterocycles. The van der Waals surface area contributed by atoms with Crippen LogP contribution in [0.25, 0.3) is 0 Å². The number of phenols is 1. The van der Waals surface area contributed by atoms with Crippen LogP contribution in [0, 0.1) is 11.2 Å². The molecule has 3 nitrogen and oxygen atoms in total. The van der Waals surface area contributed by atoms with E-state index in [9.17, 15) is 9.50 Å². The summed E-state index contributed by atoms with van der Waals surface area (Å²) in [5.74, 6) is -0.291. The Morgan fingerprint density at radius 3 is 2.65 bits per heavy atom. The molecule has 96 valence electrons. The number of hydrogen-bond donors (Lipinski definition) is 3. The molecule has 0 aliphatic rings. The van der Waals surface area contributed by atoms with Crippen LogP contribution >= 0.6 is 0 Å². The highest BCUT2D eigenvalue weighted by molar-refractivity contribution is 5.34. The second-order valence-corrected chi connectivity index (χ2v) is 5.13. The second-order valence-electron chi connectivity index (χ2n) is 5.13. The van der Waals surface area contributed by atoms with Crippen molar-refractivity contribution < 1.29 is 14.6 Å². The zero-order valence-electron chi connectivity index (χ0n) is 10.5. The van der Waals surface area contributed by atoms with Gasteiger partial charge in [-0.05, 0) is 25.1 Å². The lowest BCUT2D eigenvalue weighted by Gasteiger charge is -2.25. The monoisotopic (exact) mass is 241 g/mol. The van der Waals surface area contributed by atoms with Gasteiger partial charge in [-0.3, -0.25) is 0 Å². The molecule has 0 bridgehead atoms.